The second-order valence-corrected chi connectivity index (χ2v) is 7.73. The lowest BCUT2D eigenvalue weighted by molar-refractivity contribution is 0.0952. The lowest BCUT2D eigenvalue weighted by Crippen LogP contribution is -2.30. The van der Waals surface area contributed by atoms with E-state index in [0.717, 1.165) is 48.1 Å². The molecule has 1 fully saturated rings. The van der Waals surface area contributed by atoms with Crippen LogP contribution in [0.25, 0.3) is 16.5 Å². The number of aromatic nitrogens is 1. The van der Waals surface area contributed by atoms with E-state index in [9.17, 15) is 9.18 Å². The van der Waals surface area contributed by atoms with Gasteiger partial charge in [-0.15, -0.1) is 0 Å². The molecule has 146 valence electrons. The predicted octanol–water partition coefficient (Wildman–Crippen LogP) is 4.56. The third kappa shape index (κ3) is 3.73. The van der Waals surface area contributed by atoms with Gasteiger partial charge in [-0.25, -0.2) is 9.37 Å². The third-order valence-corrected chi connectivity index (χ3v) is 5.61. The molecule has 0 atom stereocenters. The highest BCUT2D eigenvalue weighted by atomic mass is 19.1. The molecule has 0 bridgehead atoms. The van der Waals surface area contributed by atoms with Crippen LogP contribution in [-0.2, 0) is 0 Å². The fraction of sp³-hybridized carbons (Fsp3) is 0.250. The number of carbonyl (C=O) groups is 1. The first-order valence-corrected chi connectivity index (χ1v) is 10.1. The number of hydrogen-bond acceptors (Lipinski definition) is 3. The highest BCUT2D eigenvalue weighted by Crippen LogP contribution is 2.29. The van der Waals surface area contributed by atoms with Crippen molar-refractivity contribution in [1.82, 2.24) is 10.3 Å². The molecule has 2 heterocycles. The van der Waals surface area contributed by atoms with Crippen molar-refractivity contribution < 1.29 is 9.18 Å². The van der Waals surface area contributed by atoms with Crippen LogP contribution >= 0.6 is 0 Å². The standard InChI is InChI=1S/C24H22FN3O/c25-18-7-5-16(6-8-18)17-11-13-28(14-12-17)23-15-21(24(29)26-19-9-10-19)20-3-1-2-4-22(20)27-23/h1-8,11,15,19H,9-10,12-14H2,(H,26,29). The normalized spacial score (nSPS) is 16.6. The summed E-state index contributed by atoms with van der Waals surface area (Å²) in [5.41, 5.74) is 3.79. The van der Waals surface area contributed by atoms with E-state index in [1.807, 2.05) is 42.5 Å². The number of hydrogen-bond donors (Lipinski definition) is 1. The van der Waals surface area contributed by atoms with Crippen LogP contribution in [0.1, 0.15) is 35.2 Å². The lowest BCUT2D eigenvalue weighted by Gasteiger charge is -2.28. The van der Waals surface area contributed by atoms with Crippen molar-refractivity contribution in [2.75, 3.05) is 18.0 Å². The van der Waals surface area contributed by atoms with Crippen LogP contribution in [0.5, 0.6) is 0 Å². The van der Waals surface area contributed by atoms with E-state index in [2.05, 4.69) is 16.3 Å². The number of fused-ring (bicyclic) bond motifs is 1. The Bertz CT molecular complexity index is 1100. The van der Waals surface area contributed by atoms with Gasteiger partial charge in [0.2, 0.25) is 0 Å². The first-order valence-electron chi connectivity index (χ1n) is 10.1. The monoisotopic (exact) mass is 387 g/mol. The molecule has 1 aliphatic carbocycles. The summed E-state index contributed by atoms with van der Waals surface area (Å²) in [7, 11) is 0. The van der Waals surface area contributed by atoms with Crippen LogP contribution in [0.3, 0.4) is 0 Å². The van der Waals surface area contributed by atoms with E-state index in [1.54, 1.807) is 0 Å². The van der Waals surface area contributed by atoms with Gasteiger partial charge in [0.1, 0.15) is 11.6 Å². The van der Waals surface area contributed by atoms with Gasteiger partial charge in [-0.2, -0.15) is 0 Å². The highest BCUT2D eigenvalue weighted by molar-refractivity contribution is 6.07. The van der Waals surface area contributed by atoms with Gasteiger partial charge in [0, 0.05) is 24.5 Å². The van der Waals surface area contributed by atoms with Gasteiger partial charge in [0.05, 0.1) is 11.1 Å². The van der Waals surface area contributed by atoms with Gasteiger partial charge in [0.15, 0.2) is 0 Å². The first kappa shape index (κ1) is 17.9. The molecule has 1 aliphatic heterocycles. The smallest absolute Gasteiger partial charge is 0.252 e. The molecule has 0 radical (unpaired) electrons. The molecule has 5 rings (SSSR count). The maximum absolute atomic E-state index is 13.2. The zero-order chi connectivity index (χ0) is 19.8. The lowest BCUT2D eigenvalue weighted by atomic mass is 9.99. The Morgan fingerprint density at radius 2 is 1.90 bits per heavy atom. The minimum Gasteiger partial charge on any atom is -0.353 e. The number of anilines is 1. The molecule has 1 amide bonds. The molecule has 1 N–H and O–H groups in total. The minimum absolute atomic E-state index is 0.0214. The molecule has 29 heavy (non-hydrogen) atoms. The maximum atomic E-state index is 13.2. The number of nitrogens with zero attached hydrogens (tertiary/aromatic N) is 2. The number of amides is 1. The van der Waals surface area contributed by atoms with Gasteiger partial charge >= 0.3 is 0 Å². The van der Waals surface area contributed by atoms with Crippen LogP contribution < -0.4 is 10.2 Å². The van der Waals surface area contributed by atoms with Gasteiger partial charge in [0.25, 0.3) is 5.91 Å². The number of rotatable bonds is 4. The van der Waals surface area contributed by atoms with Crippen LogP contribution in [0, 0.1) is 5.82 Å². The summed E-state index contributed by atoms with van der Waals surface area (Å²) in [5, 5.41) is 3.98. The molecule has 0 unspecified atom stereocenters. The molecule has 0 spiro atoms. The van der Waals surface area contributed by atoms with Crippen LogP contribution in [-0.4, -0.2) is 30.0 Å². The summed E-state index contributed by atoms with van der Waals surface area (Å²) in [6, 6.07) is 16.7. The van der Waals surface area contributed by atoms with Crippen molar-refractivity contribution in [3.05, 3.63) is 77.6 Å². The summed E-state index contributed by atoms with van der Waals surface area (Å²) in [4.78, 5) is 19.8. The fourth-order valence-electron chi connectivity index (χ4n) is 3.81. The number of halogens is 1. The molecule has 2 aliphatic rings. The van der Waals surface area contributed by atoms with Gasteiger partial charge in [-0.3, -0.25) is 4.79 Å². The Morgan fingerprint density at radius 1 is 1.10 bits per heavy atom. The van der Waals surface area contributed by atoms with Gasteiger partial charge in [-0.05, 0) is 54.7 Å². The molecule has 0 saturated heterocycles. The zero-order valence-electron chi connectivity index (χ0n) is 16.1. The number of para-hydroxylation sites is 1. The molecule has 2 aromatic carbocycles. The van der Waals surface area contributed by atoms with E-state index >= 15 is 0 Å². The Morgan fingerprint density at radius 3 is 2.62 bits per heavy atom. The summed E-state index contributed by atoms with van der Waals surface area (Å²) in [6.45, 7) is 1.51. The number of pyridine rings is 1. The van der Waals surface area contributed by atoms with E-state index in [1.165, 1.54) is 17.7 Å². The Hall–Kier alpha value is -3.21. The highest BCUT2D eigenvalue weighted by Gasteiger charge is 2.25. The quantitative estimate of drug-likeness (QED) is 0.714. The van der Waals surface area contributed by atoms with Crippen molar-refractivity contribution in [2.24, 2.45) is 0 Å². The molecule has 1 aromatic heterocycles. The Labute approximate surface area is 169 Å². The minimum atomic E-state index is -0.218. The average molecular weight is 387 g/mol. The number of benzene rings is 2. The second-order valence-electron chi connectivity index (χ2n) is 7.73. The zero-order valence-corrected chi connectivity index (χ0v) is 16.1. The summed E-state index contributed by atoms with van der Waals surface area (Å²) in [5.74, 6) is 0.579. The third-order valence-electron chi connectivity index (χ3n) is 5.61. The van der Waals surface area contributed by atoms with Crippen LogP contribution in [0.2, 0.25) is 0 Å². The molecule has 4 nitrogen and oxygen atoms in total. The average Bonchev–Trinajstić information content (AvgIpc) is 3.57. The topological polar surface area (TPSA) is 45.2 Å². The maximum Gasteiger partial charge on any atom is 0.252 e. The molecule has 1 saturated carbocycles. The van der Waals surface area contributed by atoms with Crippen molar-refractivity contribution in [3.8, 4) is 0 Å². The van der Waals surface area contributed by atoms with E-state index in [-0.39, 0.29) is 11.7 Å². The second kappa shape index (κ2) is 7.32. The van der Waals surface area contributed by atoms with E-state index in [4.69, 9.17) is 4.98 Å². The number of carbonyl (C=O) groups excluding carboxylic acids is 1. The van der Waals surface area contributed by atoms with Crippen molar-refractivity contribution >= 4 is 28.2 Å². The molecule has 3 aromatic rings. The Balaban J connectivity index is 1.44. The number of nitrogens with one attached hydrogen (secondary N) is 1. The summed E-state index contributed by atoms with van der Waals surface area (Å²) >= 11 is 0. The predicted molar refractivity (Wildman–Crippen MR) is 113 cm³/mol. The SMILES string of the molecule is O=C(NC1CC1)c1cc(N2CC=C(c3ccc(F)cc3)CC2)nc2ccccc12. The van der Waals surface area contributed by atoms with Gasteiger partial charge in [-0.1, -0.05) is 36.4 Å². The fourth-order valence-corrected chi connectivity index (χ4v) is 3.81. The summed E-state index contributed by atoms with van der Waals surface area (Å²) < 4.78 is 13.2. The summed E-state index contributed by atoms with van der Waals surface area (Å²) in [6.07, 6.45) is 5.14. The van der Waals surface area contributed by atoms with Crippen molar-refractivity contribution in [1.29, 1.82) is 0 Å². The van der Waals surface area contributed by atoms with Crippen molar-refractivity contribution in [3.63, 3.8) is 0 Å². The van der Waals surface area contributed by atoms with E-state index in [0.29, 0.717) is 18.2 Å². The molecule has 5 heteroatoms. The van der Waals surface area contributed by atoms with Crippen LogP contribution in [0.4, 0.5) is 10.2 Å². The molecular formula is C24H22FN3O. The van der Waals surface area contributed by atoms with E-state index < -0.39 is 0 Å². The first-order chi connectivity index (χ1) is 14.2. The largest absolute Gasteiger partial charge is 0.353 e. The molecular weight excluding hydrogens is 365 g/mol. The van der Waals surface area contributed by atoms with Crippen molar-refractivity contribution in [2.45, 2.75) is 25.3 Å². The Kier molecular flexibility index (Phi) is 4.51. The van der Waals surface area contributed by atoms with Gasteiger partial charge < -0.3 is 10.2 Å². The van der Waals surface area contributed by atoms with Crippen LogP contribution in [0.15, 0.2) is 60.7 Å².